The molecule has 7 heteroatoms. The summed E-state index contributed by atoms with van der Waals surface area (Å²) in [7, 11) is 7.08. The molecule has 0 amide bonds. The van der Waals surface area contributed by atoms with Crippen LogP contribution >= 0.6 is 0 Å². The molecule has 2 N–H and O–H groups in total. The monoisotopic (exact) mass is 575 g/mol. The Balaban J connectivity index is 0.000000521. The Labute approximate surface area is 251 Å². The molecule has 4 rings (SSSR count). The molecule has 0 heterocycles. The molecular formula is C35H46FN3O3. The Kier molecular flexibility index (Phi) is 18.5. The highest BCUT2D eigenvalue weighted by Crippen LogP contribution is 2.24. The molecule has 0 radical (unpaired) electrons. The standard InChI is InChI=1S/C24H23FN2O.C7H12O.C2H5N.C2H6O/c1-26-23-11-9-21(10-12-23)20-7-5-18(6-8-20)17-27(2)24-15-19(4-3-13-28)14-22(25)16-24;8-6-7-4-2-1-3-5-7;1-2-3;1-3-2/h3-16,26H,17H2,1-2H3;6-7H,1-5H2;2-3H,1H3;1-2H3/b4-3+;;;. The first-order valence-electron chi connectivity index (χ1n) is 14.2. The number of allylic oxidation sites excluding steroid dienone is 1. The van der Waals surface area contributed by atoms with Gasteiger partial charge in [-0.1, -0.05) is 61.7 Å². The fourth-order valence-electron chi connectivity index (χ4n) is 4.33. The zero-order valence-electron chi connectivity index (χ0n) is 25.6. The van der Waals surface area contributed by atoms with Crippen LogP contribution in [0.3, 0.4) is 0 Å². The minimum atomic E-state index is -0.324. The average Bonchev–Trinajstić information content (AvgIpc) is 3.02. The molecule has 3 aromatic carbocycles. The summed E-state index contributed by atoms with van der Waals surface area (Å²) in [6, 6.07) is 21.4. The summed E-state index contributed by atoms with van der Waals surface area (Å²) < 4.78 is 18.1. The molecule has 0 atom stereocenters. The lowest BCUT2D eigenvalue weighted by Crippen LogP contribution is -2.16. The van der Waals surface area contributed by atoms with Gasteiger partial charge in [-0.15, -0.1) is 0 Å². The molecule has 226 valence electrons. The molecular weight excluding hydrogens is 529 g/mol. The smallest absolute Gasteiger partial charge is 0.142 e. The summed E-state index contributed by atoms with van der Waals surface area (Å²) in [6.45, 7) is 2.32. The first kappa shape index (κ1) is 35.9. The van der Waals surface area contributed by atoms with Crippen molar-refractivity contribution in [3.63, 3.8) is 0 Å². The van der Waals surface area contributed by atoms with Crippen LogP contribution in [0, 0.1) is 17.1 Å². The van der Waals surface area contributed by atoms with E-state index in [0.29, 0.717) is 24.3 Å². The topological polar surface area (TPSA) is 82.5 Å². The highest BCUT2D eigenvalue weighted by Gasteiger charge is 2.10. The molecule has 6 nitrogen and oxygen atoms in total. The van der Waals surface area contributed by atoms with Crippen molar-refractivity contribution >= 4 is 36.2 Å². The molecule has 0 saturated heterocycles. The fourth-order valence-corrected chi connectivity index (χ4v) is 4.33. The summed E-state index contributed by atoms with van der Waals surface area (Å²) in [5.41, 5.74) is 5.95. The van der Waals surface area contributed by atoms with Crippen molar-refractivity contribution in [1.82, 2.24) is 0 Å². The Bertz CT molecular complexity index is 1210. The zero-order valence-corrected chi connectivity index (χ0v) is 25.6. The van der Waals surface area contributed by atoms with E-state index in [9.17, 15) is 14.0 Å². The number of methoxy groups -OCH3 is 1. The van der Waals surface area contributed by atoms with Gasteiger partial charge in [0.05, 0.1) is 0 Å². The Morgan fingerprint density at radius 1 is 0.952 bits per heavy atom. The third-order valence-corrected chi connectivity index (χ3v) is 6.44. The van der Waals surface area contributed by atoms with Gasteiger partial charge >= 0.3 is 0 Å². The number of nitrogens with one attached hydrogen (secondary N) is 2. The van der Waals surface area contributed by atoms with Crippen molar-refractivity contribution in [2.24, 2.45) is 5.92 Å². The predicted molar refractivity (Wildman–Crippen MR) is 175 cm³/mol. The average molecular weight is 576 g/mol. The first-order chi connectivity index (χ1) is 20.3. The number of aldehydes is 2. The van der Waals surface area contributed by atoms with Crippen molar-refractivity contribution in [3.05, 3.63) is 89.8 Å². The number of rotatable bonds is 8. The molecule has 1 fully saturated rings. The molecule has 3 aromatic rings. The van der Waals surface area contributed by atoms with Gasteiger partial charge in [-0.3, -0.25) is 4.79 Å². The Morgan fingerprint density at radius 2 is 1.50 bits per heavy atom. The lowest BCUT2D eigenvalue weighted by molar-refractivity contribution is -0.111. The van der Waals surface area contributed by atoms with Crippen LogP contribution in [0.5, 0.6) is 0 Å². The van der Waals surface area contributed by atoms with Gasteiger partial charge in [-0.2, -0.15) is 0 Å². The SMILES string of the molecule is CC=N.CNc1ccc(-c2ccc(CN(C)c3cc(F)cc(/C=C/C=O)c3)cc2)cc1.COC.O=CC1CCCCC1. The van der Waals surface area contributed by atoms with Crippen LogP contribution in [0.1, 0.15) is 50.2 Å². The maximum Gasteiger partial charge on any atom is 0.142 e. The fraction of sp³-hybridized carbons (Fsp3) is 0.343. The number of anilines is 2. The van der Waals surface area contributed by atoms with Crippen LogP contribution in [0.25, 0.3) is 17.2 Å². The Morgan fingerprint density at radius 3 is 1.98 bits per heavy atom. The lowest BCUT2D eigenvalue weighted by Gasteiger charge is -2.20. The minimum absolute atomic E-state index is 0.324. The summed E-state index contributed by atoms with van der Waals surface area (Å²) in [6.07, 6.45) is 12.2. The second kappa shape index (κ2) is 21.6. The van der Waals surface area contributed by atoms with Gasteiger partial charge in [0, 0.05) is 52.2 Å². The third kappa shape index (κ3) is 14.0. The van der Waals surface area contributed by atoms with E-state index in [1.54, 1.807) is 27.2 Å². The number of carbonyl (C=O) groups excluding carboxylic acids is 2. The first-order valence-corrected chi connectivity index (χ1v) is 14.2. The summed E-state index contributed by atoms with van der Waals surface area (Å²) in [4.78, 5) is 22.6. The normalized spacial score (nSPS) is 12.3. The highest BCUT2D eigenvalue weighted by molar-refractivity contribution is 5.74. The second-order valence-corrected chi connectivity index (χ2v) is 9.85. The molecule has 1 saturated carbocycles. The van der Waals surface area contributed by atoms with Crippen molar-refractivity contribution < 1.29 is 18.7 Å². The lowest BCUT2D eigenvalue weighted by atomic mass is 9.91. The molecule has 1 aliphatic carbocycles. The van der Waals surface area contributed by atoms with Gasteiger partial charge in [0.15, 0.2) is 0 Å². The number of ether oxygens (including phenoxy) is 1. The van der Waals surface area contributed by atoms with Crippen LogP contribution in [0.4, 0.5) is 15.8 Å². The maximum absolute atomic E-state index is 13.9. The van der Waals surface area contributed by atoms with Gasteiger partial charge < -0.3 is 25.2 Å². The molecule has 0 spiro atoms. The molecule has 0 bridgehead atoms. The van der Waals surface area contributed by atoms with Crippen LogP contribution in [0.15, 0.2) is 72.8 Å². The molecule has 1 aliphatic rings. The van der Waals surface area contributed by atoms with Crippen LogP contribution < -0.4 is 10.2 Å². The summed E-state index contributed by atoms with van der Waals surface area (Å²) >= 11 is 0. The van der Waals surface area contributed by atoms with E-state index in [0.717, 1.165) is 47.2 Å². The molecule has 0 unspecified atom stereocenters. The van der Waals surface area contributed by atoms with Crippen LogP contribution in [0.2, 0.25) is 0 Å². The minimum Gasteiger partial charge on any atom is -0.388 e. The van der Waals surface area contributed by atoms with Crippen molar-refractivity contribution in [2.45, 2.75) is 45.6 Å². The van der Waals surface area contributed by atoms with E-state index >= 15 is 0 Å². The largest absolute Gasteiger partial charge is 0.388 e. The van der Waals surface area contributed by atoms with Gasteiger partial charge in [0.25, 0.3) is 0 Å². The predicted octanol–water partition coefficient (Wildman–Crippen LogP) is 8.07. The number of halogens is 1. The van der Waals surface area contributed by atoms with Crippen LogP contribution in [-0.2, 0) is 20.9 Å². The van der Waals surface area contributed by atoms with E-state index in [2.05, 4.69) is 58.6 Å². The number of carbonyl (C=O) groups is 2. The van der Waals surface area contributed by atoms with Crippen molar-refractivity contribution in [2.75, 3.05) is 38.5 Å². The molecule has 42 heavy (non-hydrogen) atoms. The Hall–Kier alpha value is -4.10. The van der Waals surface area contributed by atoms with Crippen molar-refractivity contribution in [3.8, 4) is 11.1 Å². The van der Waals surface area contributed by atoms with E-state index < -0.39 is 0 Å². The van der Waals surface area contributed by atoms with Gasteiger partial charge in [0.1, 0.15) is 18.4 Å². The van der Waals surface area contributed by atoms with Crippen LogP contribution in [-0.4, -0.2) is 47.1 Å². The van der Waals surface area contributed by atoms with Gasteiger partial charge in [-0.25, -0.2) is 4.39 Å². The summed E-state index contributed by atoms with van der Waals surface area (Å²) in [5.74, 6) is 0.0824. The van der Waals surface area contributed by atoms with E-state index in [4.69, 9.17) is 5.41 Å². The van der Waals surface area contributed by atoms with E-state index in [-0.39, 0.29) is 5.82 Å². The van der Waals surface area contributed by atoms with Gasteiger partial charge in [-0.05, 0) is 84.6 Å². The van der Waals surface area contributed by atoms with E-state index in [1.165, 1.54) is 43.7 Å². The highest BCUT2D eigenvalue weighted by atomic mass is 19.1. The second-order valence-electron chi connectivity index (χ2n) is 9.85. The van der Waals surface area contributed by atoms with Crippen molar-refractivity contribution in [1.29, 1.82) is 5.41 Å². The quantitative estimate of drug-likeness (QED) is 0.161. The maximum atomic E-state index is 13.9. The van der Waals surface area contributed by atoms with Gasteiger partial charge in [0.2, 0.25) is 0 Å². The number of benzene rings is 3. The number of nitrogens with zero attached hydrogens (tertiary/aromatic N) is 1. The molecule has 0 aliphatic heterocycles. The molecule has 0 aromatic heterocycles. The third-order valence-electron chi connectivity index (χ3n) is 6.44. The number of hydrogen-bond acceptors (Lipinski definition) is 6. The summed E-state index contributed by atoms with van der Waals surface area (Å²) in [5, 5.41) is 9.20. The van der Waals surface area contributed by atoms with E-state index in [1.807, 2.05) is 25.1 Å². The number of hydrogen-bond donors (Lipinski definition) is 2. The zero-order chi connectivity index (χ0) is 31.2.